The molecule has 0 saturated heterocycles. The van der Waals surface area contributed by atoms with Crippen molar-refractivity contribution in [2.45, 2.75) is 13.0 Å². The quantitative estimate of drug-likeness (QED) is 0.574. The van der Waals surface area contributed by atoms with E-state index in [1.54, 1.807) is 30.3 Å². The van der Waals surface area contributed by atoms with E-state index < -0.39 is 15.9 Å². The van der Waals surface area contributed by atoms with Gasteiger partial charge in [-0.2, -0.15) is 0 Å². The van der Waals surface area contributed by atoms with E-state index in [-0.39, 0.29) is 11.4 Å². The standard InChI is InChI=1S/C19H21BrN2O5S/c1-4-27-18-9-12(5-8-17(18)26-2)16(11-28(3,24)25)22-15-7-6-13(20)10-14(15)21-19(22)23/h5-10,16H,4,11H2,1-3H3,(H,21,23)/t16-/m0/s1. The second kappa shape index (κ2) is 8.00. The first-order valence-corrected chi connectivity index (χ1v) is 11.5. The van der Waals surface area contributed by atoms with Gasteiger partial charge in [0.2, 0.25) is 0 Å². The van der Waals surface area contributed by atoms with E-state index >= 15 is 0 Å². The summed E-state index contributed by atoms with van der Waals surface area (Å²) in [6, 6.07) is 9.84. The molecule has 0 amide bonds. The van der Waals surface area contributed by atoms with Gasteiger partial charge in [0.25, 0.3) is 0 Å². The van der Waals surface area contributed by atoms with Crippen LogP contribution in [0.1, 0.15) is 18.5 Å². The molecule has 0 bridgehead atoms. The van der Waals surface area contributed by atoms with E-state index in [1.807, 2.05) is 13.0 Å². The Morgan fingerprint density at radius 1 is 1.18 bits per heavy atom. The van der Waals surface area contributed by atoms with E-state index in [0.29, 0.717) is 34.7 Å². The second-order valence-corrected chi connectivity index (χ2v) is 9.51. The molecule has 0 radical (unpaired) electrons. The van der Waals surface area contributed by atoms with Crippen molar-refractivity contribution in [3.8, 4) is 11.5 Å². The molecule has 3 rings (SSSR count). The van der Waals surface area contributed by atoms with Crippen LogP contribution < -0.4 is 15.2 Å². The van der Waals surface area contributed by atoms with Gasteiger partial charge in [-0.3, -0.25) is 4.57 Å². The van der Waals surface area contributed by atoms with Crippen molar-refractivity contribution in [2.75, 3.05) is 25.7 Å². The molecule has 0 aliphatic heterocycles. The van der Waals surface area contributed by atoms with Crippen molar-refractivity contribution < 1.29 is 17.9 Å². The molecule has 9 heteroatoms. The van der Waals surface area contributed by atoms with E-state index in [2.05, 4.69) is 20.9 Å². The summed E-state index contributed by atoms with van der Waals surface area (Å²) < 4.78 is 37.5. The maximum atomic E-state index is 12.7. The summed E-state index contributed by atoms with van der Waals surface area (Å²) >= 11 is 3.38. The predicted molar refractivity (Wildman–Crippen MR) is 112 cm³/mol. The van der Waals surface area contributed by atoms with E-state index in [0.717, 1.165) is 10.7 Å². The summed E-state index contributed by atoms with van der Waals surface area (Å²) in [7, 11) is -1.85. The van der Waals surface area contributed by atoms with Gasteiger partial charge in [-0.1, -0.05) is 22.0 Å². The lowest BCUT2D eigenvalue weighted by Gasteiger charge is -2.20. The molecule has 0 aliphatic rings. The van der Waals surface area contributed by atoms with E-state index in [4.69, 9.17) is 9.47 Å². The van der Waals surface area contributed by atoms with Crippen molar-refractivity contribution in [3.63, 3.8) is 0 Å². The lowest BCUT2D eigenvalue weighted by Crippen LogP contribution is -2.28. The Kier molecular flexibility index (Phi) is 5.85. The summed E-state index contributed by atoms with van der Waals surface area (Å²) in [6.07, 6.45) is 1.16. The van der Waals surface area contributed by atoms with Gasteiger partial charge < -0.3 is 14.5 Å². The normalized spacial score (nSPS) is 12.9. The molecule has 1 heterocycles. The van der Waals surface area contributed by atoms with Gasteiger partial charge in [-0.15, -0.1) is 0 Å². The minimum atomic E-state index is -3.39. The van der Waals surface area contributed by atoms with Crippen molar-refractivity contribution in [1.29, 1.82) is 0 Å². The molecule has 0 spiro atoms. The van der Waals surface area contributed by atoms with Crippen LogP contribution in [0.3, 0.4) is 0 Å². The minimum Gasteiger partial charge on any atom is -0.493 e. The highest BCUT2D eigenvalue weighted by atomic mass is 79.9. The Morgan fingerprint density at radius 2 is 1.93 bits per heavy atom. The fourth-order valence-corrected chi connectivity index (χ4v) is 4.46. The second-order valence-electron chi connectivity index (χ2n) is 6.41. The smallest absolute Gasteiger partial charge is 0.327 e. The number of ether oxygens (including phenoxy) is 2. The molecule has 28 heavy (non-hydrogen) atoms. The Hall–Kier alpha value is -2.26. The van der Waals surface area contributed by atoms with Gasteiger partial charge in [-0.05, 0) is 42.8 Å². The van der Waals surface area contributed by atoms with Crippen LogP contribution in [0.25, 0.3) is 11.0 Å². The highest BCUT2D eigenvalue weighted by molar-refractivity contribution is 9.10. The zero-order valence-corrected chi connectivity index (χ0v) is 18.1. The lowest BCUT2D eigenvalue weighted by atomic mass is 10.1. The molecule has 1 N–H and O–H groups in total. The molecule has 0 aliphatic carbocycles. The highest BCUT2D eigenvalue weighted by Crippen LogP contribution is 2.33. The molecular formula is C19H21BrN2O5S. The summed E-state index contributed by atoms with van der Waals surface area (Å²) in [5.74, 6) is 0.809. The number of rotatable bonds is 7. The molecule has 150 valence electrons. The van der Waals surface area contributed by atoms with Crippen LogP contribution in [0.5, 0.6) is 11.5 Å². The number of halogens is 1. The third-order valence-corrected chi connectivity index (χ3v) is 5.74. The van der Waals surface area contributed by atoms with Gasteiger partial charge in [0.05, 0.1) is 36.5 Å². The van der Waals surface area contributed by atoms with E-state index in [9.17, 15) is 13.2 Å². The number of H-pyrrole nitrogens is 1. The molecule has 2 aromatic carbocycles. The number of sulfone groups is 1. The number of hydrogen-bond donors (Lipinski definition) is 1. The molecule has 1 atom stereocenters. The summed E-state index contributed by atoms with van der Waals surface area (Å²) in [6.45, 7) is 2.28. The number of nitrogens with zero attached hydrogens (tertiary/aromatic N) is 1. The Balaban J connectivity index is 2.23. The van der Waals surface area contributed by atoms with Crippen LogP contribution in [0.4, 0.5) is 0 Å². The first kappa shape index (κ1) is 20.5. The number of hydrogen-bond acceptors (Lipinski definition) is 5. The lowest BCUT2D eigenvalue weighted by molar-refractivity contribution is 0.310. The van der Waals surface area contributed by atoms with Crippen LogP contribution >= 0.6 is 15.9 Å². The zero-order valence-electron chi connectivity index (χ0n) is 15.7. The first-order chi connectivity index (χ1) is 13.2. The van der Waals surface area contributed by atoms with Gasteiger partial charge in [-0.25, -0.2) is 13.2 Å². The number of imidazole rings is 1. The molecule has 1 aromatic heterocycles. The zero-order chi connectivity index (χ0) is 20.5. The van der Waals surface area contributed by atoms with Crippen LogP contribution in [0, 0.1) is 0 Å². The van der Waals surface area contributed by atoms with Crippen LogP contribution in [-0.4, -0.2) is 43.7 Å². The summed E-state index contributed by atoms with van der Waals surface area (Å²) in [5.41, 5.74) is 1.50. The molecule has 0 unspecified atom stereocenters. The average molecular weight is 469 g/mol. The summed E-state index contributed by atoms with van der Waals surface area (Å²) in [5, 5.41) is 0. The van der Waals surface area contributed by atoms with Crippen molar-refractivity contribution >= 4 is 36.8 Å². The van der Waals surface area contributed by atoms with Crippen LogP contribution in [0.2, 0.25) is 0 Å². The molecular weight excluding hydrogens is 448 g/mol. The average Bonchev–Trinajstić information content (AvgIpc) is 2.94. The topological polar surface area (TPSA) is 90.4 Å². The first-order valence-electron chi connectivity index (χ1n) is 8.61. The van der Waals surface area contributed by atoms with Gasteiger partial charge in [0, 0.05) is 10.7 Å². The number of methoxy groups -OCH3 is 1. The minimum absolute atomic E-state index is 0.228. The number of aromatic amines is 1. The van der Waals surface area contributed by atoms with Crippen molar-refractivity contribution in [3.05, 3.63) is 56.9 Å². The fourth-order valence-electron chi connectivity index (χ4n) is 3.19. The summed E-state index contributed by atoms with van der Waals surface area (Å²) in [4.78, 5) is 15.5. The fraction of sp³-hybridized carbons (Fsp3) is 0.316. The van der Waals surface area contributed by atoms with E-state index in [1.165, 1.54) is 11.7 Å². The molecule has 0 saturated carbocycles. The maximum Gasteiger partial charge on any atom is 0.327 e. The third kappa shape index (κ3) is 4.25. The number of nitrogens with one attached hydrogen (secondary N) is 1. The highest BCUT2D eigenvalue weighted by Gasteiger charge is 2.25. The molecule has 0 fully saturated rings. The van der Waals surface area contributed by atoms with Gasteiger partial charge in [0.15, 0.2) is 11.5 Å². The Bertz CT molecular complexity index is 1170. The van der Waals surface area contributed by atoms with Crippen molar-refractivity contribution in [2.24, 2.45) is 0 Å². The number of fused-ring (bicyclic) bond motifs is 1. The van der Waals surface area contributed by atoms with Gasteiger partial charge in [0.1, 0.15) is 9.84 Å². The maximum absolute atomic E-state index is 12.7. The third-order valence-electron chi connectivity index (χ3n) is 4.32. The monoisotopic (exact) mass is 468 g/mol. The largest absolute Gasteiger partial charge is 0.493 e. The Morgan fingerprint density at radius 3 is 2.57 bits per heavy atom. The molecule has 3 aromatic rings. The van der Waals surface area contributed by atoms with Crippen LogP contribution in [0.15, 0.2) is 45.7 Å². The SMILES string of the molecule is CCOc1cc([C@H](CS(C)(=O)=O)n2c(=O)[nH]c3cc(Br)ccc32)ccc1OC. The molecule has 7 nitrogen and oxygen atoms in total. The van der Waals surface area contributed by atoms with Crippen LogP contribution in [-0.2, 0) is 9.84 Å². The predicted octanol–water partition coefficient (Wildman–Crippen LogP) is 3.13. The van der Waals surface area contributed by atoms with Crippen molar-refractivity contribution in [1.82, 2.24) is 9.55 Å². The Labute approximate surface area is 171 Å². The van der Waals surface area contributed by atoms with Gasteiger partial charge >= 0.3 is 5.69 Å². The number of aromatic nitrogens is 2. The number of benzene rings is 2.